The van der Waals surface area contributed by atoms with Gasteiger partial charge in [0.25, 0.3) is 0 Å². The number of aryl methyl sites for hydroxylation is 1. The van der Waals surface area contributed by atoms with Crippen LogP contribution in [0.5, 0.6) is 0 Å². The van der Waals surface area contributed by atoms with E-state index in [2.05, 4.69) is 16.2 Å². The lowest BCUT2D eigenvalue weighted by molar-refractivity contribution is -0.254. The van der Waals surface area contributed by atoms with Gasteiger partial charge in [0.1, 0.15) is 0 Å². The van der Waals surface area contributed by atoms with Crippen molar-refractivity contribution in [1.29, 1.82) is 5.26 Å². The number of pyridine rings is 1. The first kappa shape index (κ1) is 19.1. The third-order valence-corrected chi connectivity index (χ3v) is 4.68. The molecular formula is C24H17N4O2-. The summed E-state index contributed by atoms with van der Waals surface area (Å²) in [5.74, 6) is -1.24. The average Bonchev–Trinajstić information content (AvgIpc) is 3.19. The summed E-state index contributed by atoms with van der Waals surface area (Å²) in [7, 11) is 0. The van der Waals surface area contributed by atoms with E-state index in [0.29, 0.717) is 29.6 Å². The van der Waals surface area contributed by atoms with Crippen LogP contribution in [0.15, 0.2) is 66.9 Å². The Morgan fingerprint density at radius 3 is 2.63 bits per heavy atom. The number of aromatic carboxylic acids is 1. The second-order valence-electron chi connectivity index (χ2n) is 6.70. The maximum absolute atomic E-state index is 11.6. The molecule has 2 heterocycles. The largest absolute Gasteiger partial charge is 0.545 e. The number of para-hydroxylation sites is 1. The third-order valence-electron chi connectivity index (χ3n) is 4.68. The Labute approximate surface area is 173 Å². The molecule has 146 valence electrons. The fourth-order valence-corrected chi connectivity index (χ4v) is 3.28. The summed E-state index contributed by atoms with van der Waals surface area (Å²) in [6.45, 7) is 0.493. The van der Waals surface area contributed by atoms with Crippen molar-refractivity contribution in [2.24, 2.45) is 0 Å². The van der Waals surface area contributed by atoms with Crippen LogP contribution >= 0.6 is 0 Å². The molecule has 0 aliphatic carbocycles. The normalized spacial score (nSPS) is 11.0. The molecule has 0 radical (unpaired) electrons. The molecule has 2 aromatic carbocycles. The summed E-state index contributed by atoms with van der Waals surface area (Å²) in [5.41, 5.74) is 3.79. The number of carboxylic acid groups (broad SMARTS) is 1. The summed E-state index contributed by atoms with van der Waals surface area (Å²) in [4.78, 5) is 16.1. The lowest BCUT2D eigenvalue weighted by Crippen LogP contribution is -2.22. The van der Waals surface area contributed by atoms with E-state index in [0.717, 1.165) is 16.8 Å². The predicted octanol–water partition coefficient (Wildman–Crippen LogP) is 3.55. The minimum Gasteiger partial charge on any atom is -0.545 e. The van der Waals surface area contributed by atoms with Crippen LogP contribution < -0.4 is 5.11 Å². The van der Waals surface area contributed by atoms with Gasteiger partial charge in [0.2, 0.25) is 0 Å². The van der Waals surface area contributed by atoms with Crippen molar-refractivity contribution in [3.05, 3.63) is 83.7 Å². The van der Waals surface area contributed by atoms with Gasteiger partial charge in [0, 0.05) is 28.3 Å². The molecule has 0 aliphatic heterocycles. The van der Waals surface area contributed by atoms with Crippen LogP contribution in [0.3, 0.4) is 0 Å². The van der Waals surface area contributed by atoms with Crippen molar-refractivity contribution < 1.29 is 9.90 Å². The van der Waals surface area contributed by atoms with Crippen molar-refractivity contribution in [2.45, 2.75) is 13.0 Å². The lowest BCUT2D eigenvalue weighted by atomic mass is 10.1. The van der Waals surface area contributed by atoms with Crippen LogP contribution in [-0.4, -0.2) is 20.7 Å². The van der Waals surface area contributed by atoms with Crippen LogP contribution in [-0.2, 0) is 6.54 Å². The molecule has 0 spiro atoms. The Kier molecular flexibility index (Phi) is 5.35. The van der Waals surface area contributed by atoms with Gasteiger partial charge in [-0.05, 0) is 24.3 Å². The lowest BCUT2D eigenvalue weighted by Gasteiger charge is -2.08. The monoisotopic (exact) mass is 393 g/mol. The first-order valence-corrected chi connectivity index (χ1v) is 9.45. The molecule has 0 saturated carbocycles. The number of nitriles is 1. The third kappa shape index (κ3) is 3.96. The minimum absolute atomic E-state index is 0.105. The van der Waals surface area contributed by atoms with Crippen LogP contribution in [0.4, 0.5) is 0 Å². The van der Waals surface area contributed by atoms with E-state index >= 15 is 0 Å². The van der Waals surface area contributed by atoms with Crippen molar-refractivity contribution in [1.82, 2.24) is 14.8 Å². The summed E-state index contributed by atoms with van der Waals surface area (Å²) in [6, 6.07) is 20.5. The summed E-state index contributed by atoms with van der Waals surface area (Å²) in [6.07, 6.45) is 5.85. The van der Waals surface area contributed by atoms with Crippen molar-refractivity contribution >= 4 is 29.0 Å². The summed E-state index contributed by atoms with van der Waals surface area (Å²) in [5, 5.41) is 25.6. The van der Waals surface area contributed by atoms with Crippen molar-refractivity contribution in [2.75, 3.05) is 0 Å². The molecule has 0 atom stereocenters. The number of benzene rings is 2. The average molecular weight is 393 g/mol. The topological polar surface area (TPSA) is 94.6 Å². The molecule has 0 aliphatic rings. The second-order valence-corrected chi connectivity index (χ2v) is 6.70. The number of carbonyl (C=O) groups excluding carboxylic acids is 1. The molecule has 0 amide bonds. The number of hydrogen-bond donors (Lipinski definition) is 0. The van der Waals surface area contributed by atoms with E-state index in [4.69, 9.17) is 5.26 Å². The SMILES string of the molecule is N#CCCn1cc(/C=C/c2cc(C(=O)[O-])c3ccccc3n2)c(-c2ccccc2)n1. The number of aromatic nitrogens is 3. The number of hydrogen-bond acceptors (Lipinski definition) is 5. The highest BCUT2D eigenvalue weighted by Gasteiger charge is 2.10. The quantitative estimate of drug-likeness (QED) is 0.499. The maximum Gasteiger partial charge on any atom is 0.0995 e. The van der Waals surface area contributed by atoms with E-state index in [1.807, 2.05) is 48.7 Å². The Hall–Kier alpha value is -4.24. The molecular weight excluding hydrogens is 376 g/mol. The highest BCUT2D eigenvalue weighted by Crippen LogP contribution is 2.25. The Balaban J connectivity index is 1.76. The number of carboxylic acids is 1. The molecule has 6 nitrogen and oxygen atoms in total. The Morgan fingerprint density at radius 2 is 1.87 bits per heavy atom. The highest BCUT2D eigenvalue weighted by atomic mass is 16.4. The molecule has 0 unspecified atom stereocenters. The first-order valence-electron chi connectivity index (χ1n) is 9.45. The highest BCUT2D eigenvalue weighted by molar-refractivity contribution is 6.02. The van der Waals surface area contributed by atoms with Gasteiger partial charge in [-0.1, -0.05) is 48.5 Å². The van der Waals surface area contributed by atoms with Gasteiger partial charge < -0.3 is 9.90 Å². The standard InChI is InChI=1S/C24H18N4O2/c25-13-6-14-28-16-18(23(27-28)17-7-2-1-3-8-17)11-12-19-15-21(24(29)30)20-9-4-5-10-22(20)26-19/h1-5,7-12,15-16H,6,14H2,(H,29,30)/p-1/b12-11+. The van der Waals surface area contributed by atoms with Crippen LogP contribution in [0.25, 0.3) is 34.3 Å². The summed E-state index contributed by atoms with van der Waals surface area (Å²) >= 11 is 0. The minimum atomic E-state index is -1.24. The van der Waals surface area contributed by atoms with E-state index < -0.39 is 5.97 Å². The first-order chi connectivity index (χ1) is 14.7. The Bertz CT molecular complexity index is 1280. The molecule has 6 heteroatoms. The van der Waals surface area contributed by atoms with Gasteiger partial charge >= 0.3 is 0 Å². The van der Waals surface area contributed by atoms with Gasteiger partial charge in [-0.2, -0.15) is 10.4 Å². The van der Waals surface area contributed by atoms with Crippen molar-refractivity contribution in [3.8, 4) is 17.3 Å². The fourth-order valence-electron chi connectivity index (χ4n) is 3.28. The van der Waals surface area contributed by atoms with E-state index in [1.165, 1.54) is 6.07 Å². The van der Waals surface area contributed by atoms with Gasteiger partial charge in [-0.15, -0.1) is 0 Å². The number of fused-ring (bicyclic) bond motifs is 1. The molecule has 0 fully saturated rings. The molecule has 0 bridgehead atoms. The summed E-state index contributed by atoms with van der Waals surface area (Å²) < 4.78 is 1.74. The zero-order valence-electron chi connectivity index (χ0n) is 16.0. The molecule has 30 heavy (non-hydrogen) atoms. The number of nitrogens with zero attached hydrogens (tertiary/aromatic N) is 4. The molecule has 4 rings (SSSR count). The van der Waals surface area contributed by atoms with Crippen LogP contribution in [0, 0.1) is 11.3 Å². The predicted molar refractivity (Wildman–Crippen MR) is 113 cm³/mol. The van der Waals surface area contributed by atoms with Gasteiger partial charge in [0.15, 0.2) is 0 Å². The van der Waals surface area contributed by atoms with Gasteiger partial charge in [0.05, 0.1) is 41.9 Å². The number of carbonyl (C=O) groups is 1. The zero-order valence-corrected chi connectivity index (χ0v) is 16.0. The smallest absolute Gasteiger partial charge is 0.0995 e. The Morgan fingerprint density at radius 1 is 1.10 bits per heavy atom. The van der Waals surface area contributed by atoms with Crippen LogP contribution in [0.2, 0.25) is 0 Å². The van der Waals surface area contributed by atoms with E-state index in [9.17, 15) is 9.90 Å². The van der Waals surface area contributed by atoms with Crippen LogP contribution in [0.1, 0.15) is 28.0 Å². The van der Waals surface area contributed by atoms with Gasteiger partial charge in [-0.25, -0.2) is 4.98 Å². The van der Waals surface area contributed by atoms with Gasteiger partial charge in [-0.3, -0.25) is 4.68 Å². The molecule has 2 aromatic heterocycles. The molecule has 4 aromatic rings. The number of rotatable bonds is 6. The molecule has 0 saturated heterocycles. The van der Waals surface area contributed by atoms with Crippen molar-refractivity contribution in [3.63, 3.8) is 0 Å². The molecule has 0 N–H and O–H groups in total. The van der Waals surface area contributed by atoms with E-state index in [-0.39, 0.29) is 5.56 Å². The van der Waals surface area contributed by atoms with E-state index in [1.54, 1.807) is 29.0 Å². The maximum atomic E-state index is 11.6. The zero-order chi connectivity index (χ0) is 20.9. The fraction of sp³-hybridized carbons (Fsp3) is 0.0833. The second kappa shape index (κ2) is 8.41.